The maximum absolute atomic E-state index is 11.7. The van der Waals surface area contributed by atoms with Crippen LogP contribution in [0.4, 0.5) is 0 Å². The number of benzene rings is 2. The van der Waals surface area contributed by atoms with Crippen LogP contribution in [0.15, 0.2) is 36.4 Å². The zero-order valence-corrected chi connectivity index (χ0v) is 12.8. The van der Waals surface area contributed by atoms with Crippen molar-refractivity contribution in [2.75, 3.05) is 14.2 Å². The average Bonchev–Trinajstić information content (AvgIpc) is 2.53. The molecule has 2 aromatic carbocycles. The summed E-state index contributed by atoms with van der Waals surface area (Å²) < 4.78 is 16.0. The van der Waals surface area contributed by atoms with Crippen molar-refractivity contribution in [1.82, 2.24) is 0 Å². The monoisotopic (exact) mass is 302 g/mol. The molecule has 116 valence electrons. The average molecular weight is 302 g/mol. The second-order valence-electron chi connectivity index (χ2n) is 4.66. The quantitative estimate of drug-likeness (QED) is 0.830. The van der Waals surface area contributed by atoms with Gasteiger partial charge in [-0.3, -0.25) is 4.79 Å². The van der Waals surface area contributed by atoms with Gasteiger partial charge in [-0.15, -0.1) is 0 Å². The number of rotatable bonds is 6. The topological polar surface area (TPSA) is 65.0 Å². The van der Waals surface area contributed by atoms with Gasteiger partial charge in [0.25, 0.3) is 0 Å². The molecule has 0 aliphatic heterocycles. The van der Waals surface area contributed by atoms with Crippen LogP contribution in [-0.4, -0.2) is 25.1 Å². The van der Waals surface area contributed by atoms with Gasteiger partial charge in [-0.05, 0) is 12.5 Å². The van der Waals surface area contributed by atoms with Crippen LogP contribution in [0.2, 0.25) is 0 Å². The van der Waals surface area contributed by atoms with Crippen molar-refractivity contribution in [2.45, 2.75) is 13.5 Å². The van der Waals surface area contributed by atoms with Crippen LogP contribution in [0.1, 0.15) is 22.8 Å². The molecule has 0 aromatic heterocycles. The number of ether oxygens (including phenoxy) is 3. The van der Waals surface area contributed by atoms with Crippen LogP contribution in [0.25, 0.3) is 0 Å². The highest BCUT2D eigenvalue weighted by molar-refractivity contribution is 6.01. The number of phenolic OH excluding ortho intramolecular Hbond substituents is 1. The fraction of sp³-hybridized carbons (Fsp3) is 0.235. The summed E-state index contributed by atoms with van der Waals surface area (Å²) >= 11 is 0. The van der Waals surface area contributed by atoms with Crippen molar-refractivity contribution in [3.63, 3.8) is 0 Å². The van der Waals surface area contributed by atoms with E-state index in [1.54, 1.807) is 0 Å². The standard InChI is InChI=1S/C17H18O5/c1-11(18)15-13(20-2)9-14(21-3)17(16(15)19)22-10-12-7-5-4-6-8-12/h4-9,19H,10H2,1-3H3. The zero-order valence-electron chi connectivity index (χ0n) is 12.8. The minimum atomic E-state index is -0.318. The van der Waals surface area contributed by atoms with Crippen molar-refractivity contribution >= 4 is 5.78 Å². The first-order chi connectivity index (χ1) is 10.6. The van der Waals surface area contributed by atoms with Gasteiger partial charge < -0.3 is 19.3 Å². The molecule has 0 spiro atoms. The fourth-order valence-corrected chi connectivity index (χ4v) is 2.13. The molecule has 0 unspecified atom stereocenters. The van der Waals surface area contributed by atoms with Crippen LogP contribution >= 0.6 is 0 Å². The fourth-order valence-electron chi connectivity index (χ4n) is 2.13. The summed E-state index contributed by atoms with van der Waals surface area (Å²) in [5, 5.41) is 10.4. The Kier molecular flexibility index (Phi) is 4.88. The van der Waals surface area contributed by atoms with Gasteiger partial charge in [0.05, 0.1) is 14.2 Å². The van der Waals surface area contributed by atoms with Crippen LogP contribution in [-0.2, 0) is 6.61 Å². The van der Waals surface area contributed by atoms with E-state index in [-0.39, 0.29) is 35.2 Å². The SMILES string of the molecule is COc1cc(OC)c(C(C)=O)c(O)c1OCc1ccccc1. The lowest BCUT2D eigenvalue weighted by Gasteiger charge is -2.16. The normalized spacial score (nSPS) is 10.1. The van der Waals surface area contributed by atoms with Gasteiger partial charge in [0.15, 0.2) is 17.3 Å². The Bertz CT molecular complexity index is 664. The number of aromatic hydroxyl groups is 1. The molecular formula is C17H18O5. The summed E-state index contributed by atoms with van der Waals surface area (Å²) in [5.74, 6) is 0.0720. The third kappa shape index (κ3) is 3.14. The third-order valence-corrected chi connectivity index (χ3v) is 3.20. The van der Waals surface area contributed by atoms with Crippen molar-refractivity contribution in [3.8, 4) is 23.0 Å². The van der Waals surface area contributed by atoms with Crippen molar-refractivity contribution in [1.29, 1.82) is 0 Å². The number of methoxy groups -OCH3 is 2. The van der Waals surface area contributed by atoms with E-state index in [9.17, 15) is 9.90 Å². The van der Waals surface area contributed by atoms with E-state index in [0.29, 0.717) is 5.75 Å². The van der Waals surface area contributed by atoms with E-state index >= 15 is 0 Å². The lowest BCUT2D eigenvalue weighted by atomic mass is 10.1. The van der Waals surface area contributed by atoms with Crippen LogP contribution in [0, 0.1) is 0 Å². The largest absolute Gasteiger partial charge is 0.504 e. The Morgan fingerprint density at radius 2 is 1.73 bits per heavy atom. The smallest absolute Gasteiger partial charge is 0.204 e. The number of phenols is 1. The molecule has 0 aliphatic rings. The van der Waals surface area contributed by atoms with E-state index in [2.05, 4.69) is 0 Å². The Hall–Kier alpha value is -2.69. The molecule has 0 saturated carbocycles. The summed E-state index contributed by atoms with van der Waals surface area (Å²) in [4.78, 5) is 11.7. The van der Waals surface area contributed by atoms with Gasteiger partial charge in [-0.25, -0.2) is 0 Å². The van der Waals surface area contributed by atoms with Crippen LogP contribution in [0.3, 0.4) is 0 Å². The minimum Gasteiger partial charge on any atom is -0.504 e. The molecule has 2 aromatic rings. The molecule has 0 fully saturated rings. The zero-order chi connectivity index (χ0) is 16.1. The third-order valence-electron chi connectivity index (χ3n) is 3.20. The summed E-state index contributed by atoms with van der Waals surface area (Å²) in [6, 6.07) is 11.0. The molecule has 5 nitrogen and oxygen atoms in total. The van der Waals surface area contributed by atoms with Crippen molar-refractivity contribution < 1.29 is 24.1 Å². The molecule has 1 N–H and O–H groups in total. The van der Waals surface area contributed by atoms with Gasteiger partial charge in [-0.1, -0.05) is 30.3 Å². The van der Waals surface area contributed by atoms with Gasteiger partial charge in [-0.2, -0.15) is 0 Å². The predicted molar refractivity (Wildman–Crippen MR) is 82.0 cm³/mol. The second kappa shape index (κ2) is 6.85. The highest BCUT2D eigenvalue weighted by atomic mass is 16.5. The Labute approximate surface area is 129 Å². The van der Waals surface area contributed by atoms with Gasteiger partial charge in [0.1, 0.15) is 17.9 Å². The number of carbonyl (C=O) groups is 1. The lowest BCUT2D eigenvalue weighted by molar-refractivity contribution is 0.101. The predicted octanol–water partition coefficient (Wildman–Crippen LogP) is 3.19. The maximum Gasteiger partial charge on any atom is 0.204 e. The van der Waals surface area contributed by atoms with Crippen LogP contribution in [0.5, 0.6) is 23.0 Å². The van der Waals surface area contributed by atoms with Crippen molar-refractivity contribution in [3.05, 3.63) is 47.5 Å². The molecule has 0 atom stereocenters. The molecule has 0 saturated heterocycles. The first-order valence-corrected chi connectivity index (χ1v) is 6.74. The molecule has 5 heteroatoms. The van der Waals surface area contributed by atoms with E-state index in [1.807, 2.05) is 30.3 Å². The van der Waals surface area contributed by atoms with Gasteiger partial charge in [0, 0.05) is 6.07 Å². The second-order valence-corrected chi connectivity index (χ2v) is 4.66. The van der Waals surface area contributed by atoms with E-state index < -0.39 is 0 Å². The highest BCUT2D eigenvalue weighted by Gasteiger charge is 2.23. The Morgan fingerprint density at radius 3 is 2.27 bits per heavy atom. The van der Waals surface area contributed by atoms with E-state index in [1.165, 1.54) is 27.2 Å². The van der Waals surface area contributed by atoms with Crippen molar-refractivity contribution in [2.24, 2.45) is 0 Å². The number of carbonyl (C=O) groups excluding carboxylic acids is 1. The molecule has 0 bridgehead atoms. The molecular weight excluding hydrogens is 284 g/mol. The van der Waals surface area contributed by atoms with Crippen LogP contribution < -0.4 is 14.2 Å². The molecule has 0 radical (unpaired) electrons. The summed E-state index contributed by atoms with van der Waals surface area (Å²) in [6.07, 6.45) is 0. The summed E-state index contributed by atoms with van der Waals surface area (Å²) in [7, 11) is 2.88. The molecule has 0 heterocycles. The number of Topliss-reactive ketones (excluding diaryl/α,β-unsaturated/α-hetero) is 1. The first-order valence-electron chi connectivity index (χ1n) is 6.74. The molecule has 0 aliphatic carbocycles. The molecule has 2 rings (SSSR count). The minimum absolute atomic E-state index is 0.0753. The lowest BCUT2D eigenvalue weighted by Crippen LogP contribution is -2.04. The Balaban J connectivity index is 2.41. The summed E-state index contributed by atoms with van der Waals surface area (Å²) in [6.45, 7) is 1.60. The van der Waals surface area contributed by atoms with Gasteiger partial charge >= 0.3 is 0 Å². The maximum atomic E-state index is 11.7. The Morgan fingerprint density at radius 1 is 1.09 bits per heavy atom. The van der Waals surface area contributed by atoms with E-state index in [0.717, 1.165) is 5.56 Å². The highest BCUT2D eigenvalue weighted by Crippen LogP contribution is 2.45. The van der Waals surface area contributed by atoms with E-state index in [4.69, 9.17) is 14.2 Å². The first kappa shape index (κ1) is 15.7. The van der Waals surface area contributed by atoms with Gasteiger partial charge in [0.2, 0.25) is 5.75 Å². The molecule has 22 heavy (non-hydrogen) atoms. The number of hydrogen-bond donors (Lipinski definition) is 1. The number of hydrogen-bond acceptors (Lipinski definition) is 5. The summed E-state index contributed by atoms with van der Waals surface area (Å²) in [5.41, 5.74) is 1.01. The number of ketones is 1. The molecule has 0 amide bonds.